The van der Waals surface area contributed by atoms with Crippen molar-refractivity contribution in [2.24, 2.45) is 0 Å². The second kappa shape index (κ2) is 5.48. The average Bonchev–Trinajstić information content (AvgIpc) is 2.03. The predicted molar refractivity (Wildman–Crippen MR) is 42.1 cm³/mol. The molecule has 0 aliphatic heterocycles. The Balaban J connectivity index is 5.06. The van der Waals surface area contributed by atoms with Crippen LogP contribution in [0, 0.1) is 30.3 Å². The van der Waals surface area contributed by atoms with E-state index in [1.54, 1.807) is 0 Å². The first-order valence-electron chi connectivity index (χ1n) is 3.39. The minimum absolute atomic E-state index is 0.197. The van der Waals surface area contributed by atoms with Crippen molar-refractivity contribution in [1.29, 1.82) is 0 Å². The zero-order valence-electron chi connectivity index (χ0n) is 6.79. The summed E-state index contributed by atoms with van der Waals surface area (Å²) in [5.74, 6) is -3.26. The van der Waals surface area contributed by atoms with Crippen LogP contribution in [0.4, 0.5) is 0 Å². The van der Waals surface area contributed by atoms with Crippen molar-refractivity contribution < 1.29 is 36.9 Å². The molecule has 0 unspecified atom stereocenters. The topological polar surface area (TPSA) is 129 Å². The molecule has 0 heterocycles. The summed E-state index contributed by atoms with van der Waals surface area (Å²) in [7, 11) is 0. The van der Waals surface area contributed by atoms with E-state index < -0.39 is 49.1 Å². The molecule has 14 heavy (non-hydrogen) atoms. The van der Waals surface area contributed by atoms with E-state index in [0.29, 0.717) is 0 Å². The first-order valence-corrected chi connectivity index (χ1v) is 19.2. The Morgan fingerprint density at radius 1 is 1.07 bits per heavy atom. The van der Waals surface area contributed by atoms with Crippen molar-refractivity contribution in [1.82, 2.24) is 0 Å². The van der Waals surface area contributed by atoms with Crippen molar-refractivity contribution in [2.45, 2.75) is 16.1 Å². The second-order valence-corrected chi connectivity index (χ2v) is 13.5. The Labute approximate surface area is 95.0 Å². The van der Waals surface area contributed by atoms with Crippen molar-refractivity contribution in [3.05, 3.63) is 30.3 Å². The fraction of sp³-hybridized carbons (Fsp3) is 1.00. The van der Waals surface area contributed by atoms with E-state index in [4.69, 9.17) is 0 Å². The maximum absolute atomic E-state index is 10.3. The molecule has 0 spiro atoms. The molecule has 0 saturated heterocycles. The van der Waals surface area contributed by atoms with Gasteiger partial charge in [0, 0.05) is 0 Å². The molecule has 76 valence electrons. The van der Waals surface area contributed by atoms with E-state index in [0.717, 1.165) is 0 Å². The first kappa shape index (κ1) is 13.6. The van der Waals surface area contributed by atoms with Crippen molar-refractivity contribution in [3.8, 4) is 0 Å². The van der Waals surface area contributed by atoms with Gasteiger partial charge in [0.05, 0.1) is 0 Å². The van der Waals surface area contributed by atoms with Crippen LogP contribution in [0.3, 0.4) is 0 Å². The van der Waals surface area contributed by atoms with Crippen molar-refractivity contribution in [3.63, 3.8) is 0 Å². The van der Waals surface area contributed by atoms with Crippen LogP contribution < -0.4 is 0 Å². The summed E-state index contributed by atoms with van der Waals surface area (Å²) in [4.78, 5) is 26.7. The van der Waals surface area contributed by atoms with E-state index in [9.17, 15) is 30.3 Å². The Morgan fingerprint density at radius 2 is 1.43 bits per heavy atom. The Kier molecular flexibility index (Phi) is 5.33. The monoisotopic (exact) mass is 459 g/mol. The summed E-state index contributed by atoms with van der Waals surface area (Å²) < 4.78 is 0.197. The van der Waals surface area contributed by atoms with Crippen LogP contribution in [0.2, 0.25) is 3.93 Å². The molecule has 11 heteroatoms. The summed E-state index contributed by atoms with van der Waals surface area (Å²) >= 11 is 1.59. The van der Waals surface area contributed by atoms with Crippen LogP contribution in [0.1, 0.15) is 6.42 Å². The molecule has 0 amide bonds. The molecule has 0 rings (SSSR count). The second-order valence-electron chi connectivity index (χ2n) is 2.34. The van der Waals surface area contributed by atoms with Gasteiger partial charge in [-0.25, -0.2) is 0 Å². The van der Waals surface area contributed by atoms with Gasteiger partial charge < -0.3 is 0 Å². The summed E-state index contributed by atoms with van der Waals surface area (Å²) in [6, 6.07) is 0. The number of nitro groups is 3. The molecule has 0 aromatic carbocycles. The third-order valence-corrected chi connectivity index (χ3v) is 8.86. The number of hydrogen-bond donors (Lipinski definition) is 0. The van der Waals surface area contributed by atoms with E-state index in [-0.39, 0.29) is 3.93 Å². The zero-order chi connectivity index (χ0) is 11.4. The Bertz CT molecular complexity index is 235. The fourth-order valence-corrected chi connectivity index (χ4v) is 5.60. The Morgan fingerprint density at radius 3 is 1.64 bits per heavy atom. The van der Waals surface area contributed by atoms with Crippen LogP contribution in [0.5, 0.6) is 0 Å². The molecule has 0 aliphatic rings. The zero-order valence-corrected chi connectivity index (χ0v) is 13.9. The van der Waals surface area contributed by atoms with Gasteiger partial charge in [-0.2, -0.15) is 0 Å². The maximum atomic E-state index is 10.3. The number of hydrogen-bond acceptors (Lipinski definition) is 6. The quantitative estimate of drug-likeness (QED) is 0.249. The predicted octanol–water partition coefficient (Wildman–Crippen LogP) is 0.671. The molecule has 0 aromatic heterocycles. The van der Waals surface area contributed by atoms with Gasteiger partial charge in [-0.05, 0) is 0 Å². The molecule has 9 nitrogen and oxygen atoms in total. The van der Waals surface area contributed by atoms with Gasteiger partial charge in [-0.3, -0.25) is 0 Å². The van der Waals surface area contributed by atoms with Crippen LogP contribution in [0.25, 0.3) is 0 Å². The van der Waals surface area contributed by atoms with Gasteiger partial charge in [0.15, 0.2) is 0 Å². The average molecular weight is 459 g/mol. The Hall–Kier alpha value is -0.385. The van der Waals surface area contributed by atoms with Gasteiger partial charge in [-0.1, -0.05) is 0 Å². The minimum atomic E-state index is -3.26. The molecule has 0 fully saturated rings. The van der Waals surface area contributed by atoms with Crippen LogP contribution in [-0.2, 0) is 22.1 Å². The number of nitrogens with zero attached hydrogens (tertiary/aromatic N) is 3. The molecule has 0 N–H and O–H groups in total. The van der Waals surface area contributed by atoms with Crippen LogP contribution in [-0.4, -0.2) is 20.6 Å². The summed E-state index contributed by atoms with van der Waals surface area (Å²) in [6.07, 6.45) is -0.646. The molecule has 0 atom stereocenters. The van der Waals surface area contributed by atoms with Gasteiger partial charge in [0.25, 0.3) is 0 Å². The number of halogens is 1. The number of rotatable bonds is 6. The normalized spacial score (nSPS) is 10.4. The van der Waals surface area contributed by atoms with Gasteiger partial charge in [0.1, 0.15) is 0 Å². The molecular formula is C3H4BrHgN3O6. The molecule has 0 radical (unpaired) electrons. The molecule has 0 bridgehead atoms. The molecule has 0 saturated carbocycles. The van der Waals surface area contributed by atoms with Gasteiger partial charge in [0.2, 0.25) is 0 Å². The van der Waals surface area contributed by atoms with Gasteiger partial charge in [-0.15, -0.1) is 0 Å². The molecule has 0 aliphatic carbocycles. The first-order chi connectivity index (χ1) is 6.39. The molecular weight excluding hydrogens is 455 g/mol. The summed E-state index contributed by atoms with van der Waals surface area (Å²) in [6.45, 7) is 0. The van der Waals surface area contributed by atoms with Crippen molar-refractivity contribution >= 4 is 11.9 Å². The van der Waals surface area contributed by atoms with Gasteiger partial charge >= 0.3 is 95.3 Å². The van der Waals surface area contributed by atoms with Crippen LogP contribution >= 0.6 is 11.9 Å². The summed E-state index contributed by atoms with van der Waals surface area (Å²) in [5.41, 5.74) is 0. The third kappa shape index (κ3) is 2.56. The van der Waals surface area contributed by atoms with E-state index >= 15 is 0 Å². The van der Waals surface area contributed by atoms with Crippen LogP contribution in [0.15, 0.2) is 0 Å². The standard InChI is InChI=1S/C3H4N3O6.BrH.Hg/c1-2-3(4(7)8,5(9)10)6(11)12;;/h1-2H2;1H;/q;;+1/p-1. The fourth-order valence-electron chi connectivity index (χ4n) is 0.778. The van der Waals surface area contributed by atoms with E-state index in [1.165, 1.54) is 0 Å². The molecule has 0 aromatic rings. The summed E-state index contributed by atoms with van der Waals surface area (Å²) in [5, 5.41) is 31.0. The SMILES string of the molecule is O=[N+]([O-])C(C[CH2][Hg][Br])([N+](=O)[O-])[N+](=O)[O-]. The van der Waals surface area contributed by atoms with E-state index in [1.807, 2.05) is 0 Å². The van der Waals surface area contributed by atoms with E-state index in [2.05, 4.69) is 11.9 Å². The third-order valence-electron chi connectivity index (χ3n) is 1.52. The van der Waals surface area contributed by atoms with Crippen molar-refractivity contribution in [2.75, 3.05) is 0 Å².